The molecule has 1 amide bonds. The number of pyridine rings is 1. The summed E-state index contributed by atoms with van der Waals surface area (Å²) in [6, 6.07) is 12.6. The normalized spacial score (nSPS) is 15.2. The summed E-state index contributed by atoms with van der Waals surface area (Å²) in [4.78, 5) is 27.1. The van der Waals surface area contributed by atoms with E-state index in [1.807, 2.05) is 30.2 Å². The third-order valence-electron chi connectivity index (χ3n) is 6.16. The Morgan fingerprint density at radius 3 is 2.65 bits per heavy atom. The van der Waals surface area contributed by atoms with E-state index in [1.165, 1.54) is 22.5 Å². The first-order valence-corrected chi connectivity index (χ1v) is 11.8. The van der Waals surface area contributed by atoms with Gasteiger partial charge in [-0.15, -0.1) is 11.3 Å². The summed E-state index contributed by atoms with van der Waals surface area (Å²) in [5.41, 5.74) is 6.41. The van der Waals surface area contributed by atoms with E-state index in [4.69, 9.17) is 0 Å². The molecule has 1 saturated heterocycles. The van der Waals surface area contributed by atoms with Crippen LogP contribution in [0, 0.1) is 19.8 Å². The molecule has 0 bridgehead atoms. The molecule has 0 saturated carbocycles. The van der Waals surface area contributed by atoms with Crippen molar-refractivity contribution in [2.45, 2.75) is 39.8 Å². The van der Waals surface area contributed by atoms with E-state index in [1.54, 1.807) is 11.7 Å². The number of carbonyl (C=O) groups excluding carboxylic acids is 1. The van der Waals surface area contributed by atoms with Crippen LogP contribution in [0.25, 0.3) is 0 Å². The van der Waals surface area contributed by atoms with Crippen molar-refractivity contribution in [1.29, 1.82) is 0 Å². The summed E-state index contributed by atoms with van der Waals surface area (Å²) >= 11 is 1.44. The van der Waals surface area contributed by atoms with Crippen molar-refractivity contribution in [2.75, 3.05) is 19.6 Å². The van der Waals surface area contributed by atoms with E-state index in [9.17, 15) is 4.79 Å². The van der Waals surface area contributed by atoms with Crippen molar-refractivity contribution in [2.24, 2.45) is 5.92 Å². The van der Waals surface area contributed by atoms with Crippen LogP contribution in [0.1, 0.15) is 44.9 Å². The number of thiazole rings is 1. The molecule has 31 heavy (non-hydrogen) atoms. The van der Waals surface area contributed by atoms with Crippen LogP contribution in [0.3, 0.4) is 0 Å². The SMILES string of the molecule is Cc1ccccc1CN1CCC(CN(Cc2cccnc2)C(=O)c2scnc2C)CC1. The molecule has 3 aromatic rings. The number of nitrogens with zero attached hydrogens (tertiary/aromatic N) is 4. The van der Waals surface area contributed by atoms with Gasteiger partial charge in [-0.1, -0.05) is 30.3 Å². The minimum absolute atomic E-state index is 0.0891. The van der Waals surface area contributed by atoms with Crippen LogP contribution in [0.4, 0.5) is 0 Å². The standard InChI is InChI=1S/C25H30N4OS/c1-19-6-3-4-8-23(19)17-28-12-9-21(10-13-28)15-29(16-22-7-5-11-26-14-22)25(30)24-20(2)27-18-31-24/h3-8,11,14,18,21H,9-10,12-13,15-17H2,1-2H3. The van der Waals surface area contributed by atoms with Crippen LogP contribution < -0.4 is 0 Å². The zero-order valence-electron chi connectivity index (χ0n) is 18.3. The number of benzene rings is 1. The lowest BCUT2D eigenvalue weighted by atomic mass is 9.95. The fourth-order valence-corrected chi connectivity index (χ4v) is 5.02. The zero-order valence-corrected chi connectivity index (χ0v) is 19.1. The Morgan fingerprint density at radius 2 is 1.97 bits per heavy atom. The van der Waals surface area contributed by atoms with E-state index in [2.05, 4.69) is 46.1 Å². The Balaban J connectivity index is 1.40. The van der Waals surface area contributed by atoms with Crippen molar-refractivity contribution in [3.63, 3.8) is 0 Å². The van der Waals surface area contributed by atoms with Crippen LogP contribution in [-0.4, -0.2) is 45.3 Å². The third kappa shape index (κ3) is 5.57. The lowest BCUT2D eigenvalue weighted by molar-refractivity contribution is 0.0675. The van der Waals surface area contributed by atoms with Gasteiger partial charge in [-0.2, -0.15) is 0 Å². The molecule has 0 N–H and O–H groups in total. The fraction of sp³-hybridized carbons (Fsp3) is 0.400. The first-order chi connectivity index (χ1) is 15.1. The molecular weight excluding hydrogens is 404 g/mol. The number of hydrogen-bond donors (Lipinski definition) is 0. The van der Waals surface area contributed by atoms with Gasteiger partial charge in [0.1, 0.15) is 4.88 Å². The maximum Gasteiger partial charge on any atom is 0.266 e. The highest BCUT2D eigenvalue weighted by Crippen LogP contribution is 2.24. The monoisotopic (exact) mass is 434 g/mol. The van der Waals surface area contributed by atoms with Crippen molar-refractivity contribution < 1.29 is 4.79 Å². The smallest absolute Gasteiger partial charge is 0.266 e. The fourth-order valence-electron chi connectivity index (χ4n) is 4.25. The first-order valence-electron chi connectivity index (χ1n) is 11.0. The molecule has 1 fully saturated rings. The van der Waals surface area contributed by atoms with Gasteiger partial charge in [0, 0.05) is 32.0 Å². The summed E-state index contributed by atoms with van der Waals surface area (Å²) in [6.07, 6.45) is 5.85. The number of aryl methyl sites for hydroxylation is 2. The zero-order chi connectivity index (χ0) is 21.6. The predicted octanol–water partition coefficient (Wildman–Crippen LogP) is 4.71. The highest BCUT2D eigenvalue weighted by atomic mass is 32.1. The predicted molar refractivity (Wildman–Crippen MR) is 125 cm³/mol. The van der Waals surface area contributed by atoms with Crippen LogP contribution in [0.15, 0.2) is 54.3 Å². The minimum Gasteiger partial charge on any atom is -0.333 e. The van der Waals surface area contributed by atoms with Crippen LogP contribution in [0.5, 0.6) is 0 Å². The van der Waals surface area contributed by atoms with E-state index in [0.29, 0.717) is 12.5 Å². The van der Waals surface area contributed by atoms with Gasteiger partial charge in [0.25, 0.3) is 5.91 Å². The number of hydrogen-bond acceptors (Lipinski definition) is 5. The third-order valence-corrected chi connectivity index (χ3v) is 7.08. The molecule has 0 atom stereocenters. The molecule has 0 spiro atoms. The molecule has 1 aliphatic rings. The minimum atomic E-state index is 0.0891. The van der Waals surface area contributed by atoms with Gasteiger partial charge in [0.15, 0.2) is 0 Å². The highest BCUT2D eigenvalue weighted by molar-refractivity contribution is 7.11. The number of rotatable bonds is 7. The molecule has 0 unspecified atom stereocenters. The van der Waals surface area contributed by atoms with Crippen LogP contribution >= 0.6 is 11.3 Å². The average Bonchev–Trinajstić information content (AvgIpc) is 3.22. The maximum absolute atomic E-state index is 13.3. The Morgan fingerprint density at radius 1 is 1.16 bits per heavy atom. The summed E-state index contributed by atoms with van der Waals surface area (Å²) in [7, 11) is 0. The number of amides is 1. The van der Waals surface area contributed by atoms with Crippen molar-refractivity contribution in [3.8, 4) is 0 Å². The Hall–Kier alpha value is -2.57. The molecule has 4 rings (SSSR count). The van der Waals surface area contributed by atoms with Crippen LogP contribution in [-0.2, 0) is 13.1 Å². The highest BCUT2D eigenvalue weighted by Gasteiger charge is 2.26. The Kier molecular flexibility index (Phi) is 7.10. The molecule has 0 aliphatic carbocycles. The lowest BCUT2D eigenvalue weighted by Crippen LogP contribution is -2.40. The first kappa shape index (κ1) is 21.7. The molecule has 3 heterocycles. The lowest BCUT2D eigenvalue weighted by Gasteiger charge is -2.35. The number of piperidine rings is 1. The van der Waals surface area contributed by atoms with Gasteiger partial charge in [-0.05, 0) is 68.5 Å². The number of aromatic nitrogens is 2. The quantitative estimate of drug-likeness (QED) is 0.540. The van der Waals surface area contributed by atoms with E-state index < -0.39 is 0 Å². The van der Waals surface area contributed by atoms with Gasteiger partial charge >= 0.3 is 0 Å². The molecule has 1 aliphatic heterocycles. The van der Waals surface area contributed by atoms with Crippen LogP contribution in [0.2, 0.25) is 0 Å². The molecule has 1 aromatic carbocycles. The summed E-state index contributed by atoms with van der Waals surface area (Å²) < 4.78 is 0. The van der Waals surface area contributed by atoms with Gasteiger partial charge in [-0.3, -0.25) is 14.7 Å². The second-order valence-electron chi connectivity index (χ2n) is 8.46. The molecule has 2 aromatic heterocycles. The van der Waals surface area contributed by atoms with Gasteiger partial charge in [0.05, 0.1) is 11.2 Å². The van der Waals surface area contributed by atoms with Crippen molar-refractivity contribution in [1.82, 2.24) is 19.8 Å². The number of likely N-dealkylation sites (tertiary alicyclic amines) is 1. The Labute approximate surface area is 188 Å². The summed E-state index contributed by atoms with van der Waals surface area (Å²) in [5.74, 6) is 0.605. The molecule has 5 nitrogen and oxygen atoms in total. The van der Waals surface area contributed by atoms with E-state index >= 15 is 0 Å². The second-order valence-corrected chi connectivity index (χ2v) is 9.31. The topological polar surface area (TPSA) is 49.3 Å². The molecule has 162 valence electrons. The molecule has 0 radical (unpaired) electrons. The Bertz CT molecular complexity index is 996. The molecule has 6 heteroatoms. The largest absolute Gasteiger partial charge is 0.333 e. The van der Waals surface area contributed by atoms with E-state index in [0.717, 1.165) is 55.2 Å². The van der Waals surface area contributed by atoms with Gasteiger partial charge in [0.2, 0.25) is 0 Å². The van der Waals surface area contributed by atoms with Crippen molar-refractivity contribution >= 4 is 17.2 Å². The number of carbonyl (C=O) groups is 1. The maximum atomic E-state index is 13.3. The summed E-state index contributed by atoms with van der Waals surface area (Å²) in [5, 5.41) is 0. The van der Waals surface area contributed by atoms with Gasteiger partial charge in [-0.25, -0.2) is 4.98 Å². The second kappa shape index (κ2) is 10.2. The van der Waals surface area contributed by atoms with Crippen molar-refractivity contribution in [3.05, 3.63) is 81.6 Å². The van der Waals surface area contributed by atoms with Gasteiger partial charge < -0.3 is 4.90 Å². The summed E-state index contributed by atoms with van der Waals surface area (Å²) in [6.45, 7) is 8.64. The van der Waals surface area contributed by atoms with E-state index in [-0.39, 0.29) is 5.91 Å². The molecular formula is C25H30N4OS. The average molecular weight is 435 g/mol.